The number of benzene rings is 1. The standard InChI is InChI=1S/C23H26N4O4/c1-24-22(30)21-18-9-11-26(20(29)15-25-10-5-8-19(25)28)13-17(18)14-27(23(21)31)12-16-6-3-2-4-7-16/h2-4,6-7,14H,5,8-13,15H2,1H3,(H,24,30). The van der Waals surface area contributed by atoms with Crippen molar-refractivity contribution >= 4 is 17.7 Å². The van der Waals surface area contributed by atoms with Crippen LogP contribution in [0, 0.1) is 0 Å². The van der Waals surface area contributed by atoms with Crippen LogP contribution in [0.15, 0.2) is 41.3 Å². The van der Waals surface area contributed by atoms with Crippen LogP contribution in [0.25, 0.3) is 0 Å². The van der Waals surface area contributed by atoms with Gasteiger partial charge in [-0.05, 0) is 29.5 Å². The molecule has 2 aliphatic heterocycles. The Kier molecular flexibility index (Phi) is 5.88. The number of carbonyl (C=O) groups excluding carboxylic acids is 3. The summed E-state index contributed by atoms with van der Waals surface area (Å²) in [4.78, 5) is 53.6. The van der Waals surface area contributed by atoms with Crippen LogP contribution in [-0.2, 0) is 29.1 Å². The third-order valence-corrected chi connectivity index (χ3v) is 5.97. The summed E-state index contributed by atoms with van der Waals surface area (Å²) < 4.78 is 1.54. The first-order valence-electron chi connectivity index (χ1n) is 10.5. The average Bonchev–Trinajstić information content (AvgIpc) is 3.18. The Morgan fingerprint density at radius 1 is 1.06 bits per heavy atom. The molecule has 8 nitrogen and oxygen atoms in total. The quantitative estimate of drug-likeness (QED) is 0.770. The Balaban J connectivity index is 1.64. The fraction of sp³-hybridized carbons (Fsp3) is 0.391. The first-order chi connectivity index (χ1) is 15.0. The summed E-state index contributed by atoms with van der Waals surface area (Å²) in [6, 6.07) is 9.56. The van der Waals surface area contributed by atoms with E-state index in [4.69, 9.17) is 0 Å². The molecule has 1 fully saturated rings. The smallest absolute Gasteiger partial charge is 0.264 e. The molecule has 162 valence electrons. The highest BCUT2D eigenvalue weighted by molar-refractivity contribution is 5.95. The molecule has 0 spiro atoms. The van der Waals surface area contributed by atoms with Crippen molar-refractivity contribution in [2.75, 3.05) is 26.7 Å². The number of hydrogen-bond donors (Lipinski definition) is 1. The molecule has 2 aliphatic rings. The minimum atomic E-state index is -0.411. The molecule has 3 amide bonds. The lowest BCUT2D eigenvalue weighted by Gasteiger charge is -2.31. The van der Waals surface area contributed by atoms with Gasteiger partial charge in [0.05, 0.1) is 13.1 Å². The van der Waals surface area contributed by atoms with Crippen molar-refractivity contribution in [3.63, 3.8) is 0 Å². The van der Waals surface area contributed by atoms with Crippen LogP contribution in [0.3, 0.4) is 0 Å². The van der Waals surface area contributed by atoms with Crippen molar-refractivity contribution in [1.82, 2.24) is 19.7 Å². The molecule has 1 saturated heterocycles. The predicted octanol–water partition coefficient (Wildman–Crippen LogP) is 0.763. The highest BCUT2D eigenvalue weighted by Gasteiger charge is 2.30. The summed E-state index contributed by atoms with van der Waals surface area (Å²) in [5.41, 5.74) is 2.27. The Morgan fingerprint density at radius 2 is 1.84 bits per heavy atom. The molecule has 1 N–H and O–H groups in total. The topological polar surface area (TPSA) is 91.7 Å². The molecule has 3 heterocycles. The van der Waals surface area contributed by atoms with Crippen molar-refractivity contribution in [1.29, 1.82) is 0 Å². The molecule has 0 saturated carbocycles. The largest absolute Gasteiger partial charge is 0.355 e. The van der Waals surface area contributed by atoms with E-state index in [1.54, 1.807) is 16.0 Å². The van der Waals surface area contributed by atoms with Gasteiger partial charge in [-0.15, -0.1) is 0 Å². The van der Waals surface area contributed by atoms with Gasteiger partial charge in [0.2, 0.25) is 11.8 Å². The fourth-order valence-electron chi connectivity index (χ4n) is 4.32. The molecule has 8 heteroatoms. The molecule has 0 radical (unpaired) electrons. The van der Waals surface area contributed by atoms with Crippen molar-refractivity contribution in [3.05, 3.63) is 69.1 Å². The zero-order chi connectivity index (χ0) is 22.0. The van der Waals surface area contributed by atoms with Crippen LogP contribution in [0.4, 0.5) is 0 Å². The third-order valence-electron chi connectivity index (χ3n) is 5.97. The van der Waals surface area contributed by atoms with Gasteiger partial charge in [0.15, 0.2) is 0 Å². The fourth-order valence-corrected chi connectivity index (χ4v) is 4.32. The number of carbonyl (C=O) groups is 3. The van der Waals surface area contributed by atoms with E-state index in [1.807, 2.05) is 30.3 Å². The van der Waals surface area contributed by atoms with Crippen LogP contribution in [0.5, 0.6) is 0 Å². The highest BCUT2D eigenvalue weighted by Crippen LogP contribution is 2.22. The van der Waals surface area contributed by atoms with Gasteiger partial charge in [0.25, 0.3) is 11.5 Å². The maximum absolute atomic E-state index is 13.1. The lowest BCUT2D eigenvalue weighted by atomic mass is 9.95. The summed E-state index contributed by atoms with van der Waals surface area (Å²) in [7, 11) is 1.51. The van der Waals surface area contributed by atoms with Gasteiger partial charge in [0, 0.05) is 39.3 Å². The minimum Gasteiger partial charge on any atom is -0.355 e. The Hall–Kier alpha value is -3.42. The molecule has 4 rings (SSSR count). The lowest BCUT2D eigenvalue weighted by molar-refractivity contribution is -0.139. The predicted molar refractivity (Wildman–Crippen MR) is 115 cm³/mol. The van der Waals surface area contributed by atoms with E-state index >= 15 is 0 Å². The van der Waals surface area contributed by atoms with Crippen molar-refractivity contribution < 1.29 is 14.4 Å². The molecule has 0 unspecified atom stereocenters. The van der Waals surface area contributed by atoms with E-state index in [0.29, 0.717) is 44.6 Å². The second kappa shape index (κ2) is 8.75. The summed E-state index contributed by atoms with van der Waals surface area (Å²) in [5.74, 6) is -0.501. The molecule has 2 aromatic rings. The normalized spacial score (nSPS) is 15.7. The van der Waals surface area contributed by atoms with Gasteiger partial charge in [-0.25, -0.2) is 0 Å². The molecule has 0 atom stereocenters. The summed E-state index contributed by atoms with van der Waals surface area (Å²) >= 11 is 0. The number of pyridine rings is 1. The maximum atomic E-state index is 13.1. The van der Waals surface area contributed by atoms with E-state index in [1.165, 1.54) is 11.6 Å². The highest BCUT2D eigenvalue weighted by atomic mass is 16.2. The summed E-state index contributed by atoms with van der Waals surface area (Å²) in [5, 5.41) is 2.57. The van der Waals surface area contributed by atoms with E-state index in [0.717, 1.165) is 17.5 Å². The van der Waals surface area contributed by atoms with Crippen LogP contribution in [0.1, 0.15) is 39.9 Å². The number of fused-ring (bicyclic) bond motifs is 1. The molecule has 0 bridgehead atoms. The summed E-state index contributed by atoms with van der Waals surface area (Å²) in [6.45, 7) is 1.77. The van der Waals surface area contributed by atoms with Gasteiger partial charge in [-0.1, -0.05) is 30.3 Å². The second-order valence-corrected chi connectivity index (χ2v) is 7.99. The minimum absolute atomic E-state index is 0.0179. The van der Waals surface area contributed by atoms with E-state index in [2.05, 4.69) is 5.32 Å². The SMILES string of the molecule is CNC(=O)c1c2c(cn(Cc3ccccc3)c1=O)CN(C(=O)CN1CCCC1=O)CC2. The first-order valence-corrected chi connectivity index (χ1v) is 10.5. The number of nitrogens with zero attached hydrogens (tertiary/aromatic N) is 3. The molecule has 0 aliphatic carbocycles. The Labute approximate surface area is 180 Å². The lowest BCUT2D eigenvalue weighted by Crippen LogP contribution is -2.45. The van der Waals surface area contributed by atoms with Gasteiger partial charge >= 0.3 is 0 Å². The van der Waals surface area contributed by atoms with Crippen molar-refractivity contribution in [2.24, 2.45) is 0 Å². The zero-order valence-electron chi connectivity index (χ0n) is 17.6. The monoisotopic (exact) mass is 422 g/mol. The van der Waals surface area contributed by atoms with Crippen LogP contribution < -0.4 is 10.9 Å². The number of amides is 3. The number of nitrogens with one attached hydrogen (secondary N) is 1. The van der Waals surface area contributed by atoms with Gasteiger partial charge in [0.1, 0.15) is 5.56 Å². The van der Waals surface area contributed by atoms with Crippen LogP contribution in [-0.4, -0.2) is 58.8 Å². The molecule has 1 aromatic heterocycles. The molecular formula is C23H26N4O4. The number of rotatable bonds is 5. The van der Waals surface area contributed by atoms with E-state index in [9.17, 15) is 19.2 Å². The van der Waals surface area contributed by atoms with E-state index < -0.39 is 5.91 Å². The van der Waals surface area contributed by atoms with Gasteiger partial charge < -0.3 is 19.7 Å². The number of aromatic nitrogens is 1. The average molecular weight is 422 g/mol. The van der Waals surface area contributed by atoms with Crippen LogP contribution in [0.2, 0.25) is 0 Å². The van der Waals surface area contributed by atoms with Gasteiger partial charge in [-0.3, -0.25) is 19.2 Å². The molecule has 1 aromatic carbocycles. The Morgan fingerprint density at radius 3 is 2.52 bits per heavy atom. The second-order valence-electron chi connectivity index (χ2n) is 7.99. The van der Waals surface area contributed by atoms with Gasteiger partial charge in [-0.2, -0.15) is 0 Å². The molecular weight excluding hydrogens is 396 g/mol. The number of likely N-dealkylation sites (tertiary alicyclic amines) is 1. The third kappa shape index (κ3) is 4.23. The molecule has 31 heavy (non-hydrogen) atoms. The van der Waals surface area contributed by atoms with Crippen molar-refractivity contribution in [2.45, 2.75) is 32.4 Å². The van der Waals surface area contributed by atoms with Crippen molar-refractivity contribution in [3.8, 4) is 0 Å². The first kappa shape index (κ1) is 20.8. The Bertz CT molecular complexity index is 1080. The number of hydrogen-bond acceptors (Lipinski definition) is 4. The zero-order valence-corrected chi connectivity index (χ0v) is 17.6. The van der Waals surface area contributed by atoms with E-state index in [-0.39, 0.29) is 29.5 Å². The van der Waals surface area contributed by atoms with Crippen LogP contribution >= 0.6 is 0 Å². The maximum Gasteiger partial charge on any atom is 0.264 e. The summed E-state index contributed by atoms with van der Waals surface area (Å²) in [6.07, 6.45) is 3.48.